The van der Waals surface area contributed by atoms with Crippen molar-refractivity contribution in [1.82, 2.24) is 0 Å². The Labute approximate surface area is 162 Å². The second-order valence-corrected chi connectivity index (χ2v) is 9.26. The van der Waals surface area contributed by atoms with Crippen molar-refractivity contribution in [1.29, 1.82) is 0 Å². The highest BCUT2D eigenvalue weighted by Gasteiger charge is 2.43. The van der Waals surface area contributed by atoms with Gasteiger partial charge in [0.05, 0.1) is 0 Å². The van der Waals surface area contributed by atoms with E-state index in [9.17, 15) is 0 Å². The van der Waals surface area contributed by atoms with E-state index in [0.717, 1.165) is 0 Å². The third-order valence-corrected chi connectivity index (χ3v) is 7.89. The van der Waals surface area contributed by atoms with Crippen molar-refractivity contribution in [3.05, 3.63) is 108 Å². The molecule has 0 aliphatic rings. The van der Waals surface area contributed by atoms with Gasteiger partial charge < -0.3 is 17.0 Å². The highest BCUT2D eigenvalue weighted by Crippen LogP contribution is 2.56. The van der Waals surface area contributed by atoms with E-state index in [-0.39, 0.29) is 17.0 Å². The maximum Gasteiger partial charge on any atom is 0.144 e. The molecule has 126 valence electrons. The molecule has 0 amide bonds. The Bertz CT molecular complexity index is 748. The van der Waals surface area contributed by atoms with Crippen LogP contribution < -0.4 is 32.9 Å². The van der Waals surface area contributed by atoms with Gasteiger partial charge in [0.1, 0.15) is 29.0 Å². The van der Waals surface area contributed by atoms with E-state index in [2.05, 4.69) is 116 Å². The topological polar surface area (TPSA) is 0 Å². The molecule has 2 heteroatoms. The first-order chi connectivity index (χ1) is 11.7. The fraction of sp³-hybridized carbons (Fsp3) is 0.0870. The number of halogens is 1. The lowest BCUT2D eigenvalue weighted by molar-refractivity contribution is -0.00000481. The van der Waals surface area contributed by atoms with Crippen LogP contribution in [0.1, 0.15) is 13.8 Å². The second-order valence-electron chi connectivity index (χ2n) is 6.00. The Hall–Kier alpha value is -1.91. The SMILES string of the molecule is CC(C)=C=C[P+](c1ccccc1)(c1ccccc1)c1ccccc1.[Br-]. The molecule has 0 atom stereocenters. The van der Waals surface area contributed by atoms with Crippen LogP contribution in [-0.4, -0.2) is 0 Å². The van der Waals surface area contributed by atoms with Gasteiger partial charge in [-0.2, -0.15) is 0 Å². The van der Waals surface area contributed by atoms with Gasteiger partial charge in [-0.05, 0) is 55.8 Å². The van der Waals surface area contributed by atoms with E-state index < -0.39 is 7.26 Å². The van der Waals surface area contributed by atoms with E-state index in [4.69, 9.17) is 0 Å². The molecule has 0 fully saturated rings. The first kappa shape index (κ1) is 19.4. The molecule has 25 heavy (non-hydrogen) atoms. The first-order valence-electron chi connectivity index (χ1n) is 8.20. The highest BCUT2D eigenvalue weighted by atomic mass is 79.9. The zero-order valence-corrected chi connectivity index (χ0v) is 17.0. The van der Waals surface area contributed by atoms with Crippen molar-refractivity contribution in [3.8, 4) is 0 Å². The molecule has 0 N–H and O–H groups in total. The van der Waals surface area contributed by atoms with Gasteiger partial charge in [0.2, 0.25) is 0 Å². The van der Waals surface area contributed by atoms with Crippen LogP contribution in [-0.2, 0) is 0 Å². The summed E-state index contributed by atoms with van der Waals surface area (Å²) in [7, 11) is -1.86. The van der Waals surface area contributed by atoms with Gasteiger partial charge in [0.15, 0.2) is 0 Å². The number of benzene rings is 3. The van der Waals surface area contributed by atoms with Gasteiger partial charge in [0, 0.05) is 0 Å². The van der Waals surface area contributed by atoms with E-state index in [0.29, 0.717) is 0 Å². The first-order valence-corrected chi connectivity index (χ1v) is 10.1. The van der Waals surface area contributed by atoms with Gasteiger partial charge >= 0.3 is 0 Å². The molecule has 0 unspecified atom stereocenters. The van der Waals surface area contributed by atoms with Crippen molar-refractivity contribution in [2.45, 2.75) is 13.8 Å². The summed E-state index contributed by atoms with van der Waals surface area (Å²) in [4.78, 5) is 0. The van der Waals surface area contributed by atoms with Crippen LogP contribution in [0, 0.1) is 0 Å². The Morgan fingerprint density at radius 1 is 0.640 bits per heavy atom. The summed E-state index contributed by atoms with van der Waals surface area (Å²) < 4.78 is 0. The summed E-state index contributed by atoms with van der Waals surface area (Å²) in [6.07, 6.45) is 0. The van der Waals surface area contributed by atoms with Crippen LogP contribution in [0.2, 0.25) is 0 Å². The molecule has 0 nitrogen and oxygen atoms in total. The second kappa shape index (κ2) is 8.97. The van der Waals surface area contributed by atoms with E-state index >= 15 is 0 Å². The molecule has 0 radical (unpaired) electrons. The van der Waals surface area contributed by atoms with Crippen LogP contribution >= 0.6 is 7.26 Å². The van der Waals surface area contributed by atoms with Gasteiger partial charge in [-0.1, -0.05) is 60.3 Å². The van der Waals surface area contributed by atoms with E-state index in [1.165, 1.54) is 21.5 Å². The lowest BCUT2D eigenvalue weighted by atomic mass is 10.4. The minimum absolute atomic E-state index is 0. The largest absolute Gasteiger partial charge is 1.00 e. The summed E-state index contributed by atoms with van der Waals surface area (Å²) in [5, 5.41) is 4.07. The van der Waals surface area contributed by atoms with Gasteiger partial charge in [-0.3, -0.25) is 0 Å². The Kier molecular flexibility index (Phi) is 6.97. The van der Waals surface area contributed by atoms with Crippen LogP contribution in [0.15, 0.2) is 108 Å². The predicted molar refractivity (Wildman–Crippen MR) is 108 cm³/mol. The molecule has 0 spiro atoms. The highest BCUT2D eigenvalue weighted by molar-refractivity contribution is 7.98. The summed E-state index contributed by atoms with van der Waals surface area (Å²) in [5.41, 5.74) is 4.72. The molecule has 3 rings (SSSR count). The van der Waals surface area contributed by atoms with Gasteiger partial charge in [0.25, 0.3) is 0 Å². The molecule has 0 aromatic heterocycles. The average molecular weight is 409 g/mol. The van der Waals surface area contributed by atoms with Crippen molar-refractivity contribution in [2.24, 2.45) is 0 Å². The maximum atomic E-state index is 3.52. The maximum absolute atomic E-state index is 3.52. The summed E-state index contributed by atoms with van der Waals surface area (Å²) >= 11 is 0. The zero-order valence-electron chi connectivity index (χ0n) is 14.6. The minimum atomic E-state index is -1.86. The van der Waals surface area contributed by atoms with E-state index in [1.54, 1.807) is 0 Å². The summed E-state index contributed by atoms with van der Waals surface area (Å²) in [6.45, 7) is 4.21. The molecule has 0 aliphatic carbocycles. The summed E-state index contributed by atoms with van der Waals surface area (Å²) in [5.74, 6) is 2.32. The fourth-order valence-corrected chi connectivity index (χ4v) is 6.61. The van der Waals surface area contributed by atoms with E-state index in [1.807, 2.05) is 0 Å². The van der Waals surface area contributed by atoms with Crippen molar-refractivity contribution in [3.63, 3.8) is 0 Å². The quantitative estimate of drug-likeness (QED) is 0.457. The lowest BCUT2D eigenvalue weighted by Gasteiger charge is -2.23. The Balaban J connectivity index is 0.00000225. The predicted octanol–water partition coefficient (Wildman–Crippen LogP) is 2.06. The molecular formula is C23H22BrP. The number of allylic oxidation sites excluding steroid dienone is 1. The molecule has 0 saturated carbocycles. The van der Waals surface area contributed by atoms with Crippen LogP contribution in [0.3, 0.4) is 0 Å². The fourth-order valence-electron chi connectivity index (χ4n) is 2.89. The minimum Gasteiger partial charge on any atom is -1.00 e. The third-order valence-electron chi connectivity index (χ3n) is 4.04. The molecule has 0 bridgehead atoms. The molecule has 0 aliphatic heterocycles. The molecular weight excluding hydrogens is 387 g/mol. The Morgan fingerprint density at radius 3 is 1.24 bits per heavy atom. The Morgan fingerprint density at radius 2 is 0.960 bits per heavy atom. The van der Waals surface area contributed by atoms with Gasteiger partial charge in [-0.25, -0.2) is 0 Å². The third kappa shape index (κ3) is 4.20. The van der Waals surface area contributed by atoms with Gasteiger partial charge in [-0.15, -0.1) is 0 Å². The van der Waals surface area contributed by atoms with Crippen molar-refractivity contribution < 1.29 is 17.0 Å². The van der Waals surface area contributed by atoms with Crippen LogP contribution in [0.25, 0.3) is 0 Å². The van der Waals surface area contributed by atoms with Crippen LogP contribution in [0.5, 0.6) is 0 Å². The lowest BCUT2D eigenvalue weighted by Crippen LogP contribution is -3.00. The van der Waals surface area contributed by atoms with Crippen molar-refractivity contribution >= 4 is 23.2 Å². The number of hydrogen-bond donors (Lipinski definition) is 0. The molecule has 0 saturated heterocycles. The average Bonchev–Trinajstić information content (AvgIpc) is 2.65. The smallest absolute Gasteiger partial charge is 0.144 e. The van der Waals surface area contributed by atoms with Crippen LogP contribution in [0.4, 0.5) is 0 Å². The van der Waals surface area contributed by atoms with Crippen molar-refractivity contribution in [2.75, 3.05) is 0 Å². The normalized spacial score (nSPS) is 10.3. The molecule has 0 heterocycles. The standard InChI is InChI=1S/C23H22P.BrH/c1-20(2)18-19-24(21-12-6-3-7-13-21,22-14-8-4-9-15-22)23-16-10-5-11-17-23;/h3-17,19H,1-2H3;1H/q+1;/p-1. The monoisotopic (exact) mass is 408 g/mol. The number of hydrogen-bond acceptors (Lipinski definition) is 0. The zero-order chi connectivity index (χ0) is 16.8. The summed E-state index contributed by atoms with van der Waals surface area (Å²) in [6, 6.07) is 32.5. The molecule has 3 aromatic carbocycles. The number of rotatable bonds is 4. The molecule has 3 aromatic rings.